The van der Waals surface area contributed by atoms with Crippen LogP contribution in [0.15, 0.2) is 170 Å². The average molecular weight is 596 g/mol. The van der Waals surface area contributed by atoms with Gasteiger partial charge in [-0.05, 0) is 22.3 Å². The Morgan fingerprint density at radius 1 is 0.333 bits per heavy atom. The second kappa shape index (κ2) is 11.9. The van der Waals surface area contributed by atoms with E-state index < -0.39 is 11.2 Å². The van der Waals surface area contributed by atoms with Crippen LogP contribution in [0.5, 0.6) is 0 Å². The molecule has 0 aromatic heterocycles. The second-order valence-corrected chi connectivity index (χ2v) is 9.34. The van der Waals surface area contributed by atoms with Crippen molar-refractivity contribution in [3.63, 3.8) is 0 Å². The molecule has 6 aromatic carbocycles. The summed E-state index contributed by atoms with van der Waals surface area (Å²) in [6, 6.07) is 57.7. The Hall–Kier alpha value is -3.88. The average Bonchev–Trinajstić information content (AvgIpc) is 3.74. The number of benzene rings is 4. The van der Waals surface area contributed by atoms with Crippen molar-refractivity contribution in [3.05, 3.63) is 203 Å². The molecule has 0 atom stereocenters. The molecule has 39 heavy (non-hydrogen) atoms. The minimum Gasteiger partial charge on any atom is -0.228 e. The van der Waals surface area contributed by atoms with E-state index in [1.165, 1.54) is 0 Å². The summed E-state index contributed by atoms with van der Waals surface area (Å²) in [6.07, 6.45) is 0. The number of rotatable bonds is 9. The Morgan fingerprint density at radius 3 is 0.795 bits per heavy atom. The van der Waals surface area contributed by atoms with Crippen LogP contribution >= 0.6 is 0 Å². The minimum atomic E-state index is -1.01. The maximum atomic E-state index is 6.94. The quantitative estimate of drug-likeness (QED) is 0.0724. The van der Waals surface area contributed by atoms with Crippen LogP contribution in [0.1, 0.15) is 33.4 Å². The fourth-order valence-corrected chi connectivity index (χ4v) is 5.32. The van der Waals surface area contributed by atoms with E-state index in [0.29, 0.717) is 0 Å². The summed E-state index contributed by atoms with van der Waals surface area (Å²) in [6.45, 7) is 0. The molecule has 0 aliphatic heterocycles. The van der Waals surface area contributed by atoms with Gasteiger partial charge in [-0.1, -0.05) is 121 Å². The van der Waals surface area contributed by atoms with Crippen molar-refractivity contribution < 1.29 is 29.3 Å². The third kappa shape index (κ3) is 4.86. The van der Waals surface area contributed by atoms with E-state index in [1.54, 1.807) is 0 Å². The Bertz CT molecular complexity index is 1330. The standard InChI is InChI=1S/C36H28O2.Rh/c1-5-17-29(18-6-1)35(33-25-13-14-26-33,30-19-7-2-8-20-30)37-38-36(34-27-15-16-28-34,31-21-9-3-10-22-31)32-23-11-4-12-24-32;/h1-28H;/q-2;. The van der Waals surface area contributed by atoms with Crippen molar-refractivity contribution in [1.29, 1.82) is 0 Å². The van der Waals surface area contributed by atoms with E-state index in [0.717, 1.165) is 33.4 Å². The molecule has 0 saturated carbocycles. The first-order chi connectivity index (χ1) is 18.8. The molecule has 6 aromatic rings. The van der Waals surface area contributed by atoms with Crippen LogP contribution in [0, 0.1) is 0 Å². The van der Waals surface area contributed by atoms with E-state index in [2.05, 4.69) is 72.8 Å². The van der Waals surface area contributed by atoms with Crippen molar-refractivity contribution in [3.8, 4) is 0 Å². The Morgan fingerprint density at radius 2 is 0.564 bits per heavy atom. The Kier molecular flexibility index (Phi) is 8.14. The van der Waals surface area contributed by atoms with Gasteiger partial charge in [0.2, 0.25) is 0 Å². The zero-order valence-electron chi connectivity index (χ0n) is 21.3. The molecule has 0 aliphatic rings. The van der Waals surface area contributed by atoms with Gasteiger partial charge in [-0.25, -0.2) is 34.0 Å². The van der Waals surface area contributed by atoms with Gasteiger partial charge in [0.15, 0.2) is 0 Å². The van der Waals surface area contributed by atoms with Gasteiger partial charge in [-0.15, -0.1) is 11.1 Å². The summed E-state index contributed by atoms with van der Waals surface area (Å²) >= 11 is 0. The topological polar surface area (TPSA) is 18.5 Å². The molecule has 2 nitrogen and oxygen atoms in total. The van der Waals surface area contributed by atoms with Crippen LogP contribution in [0.4, 0.5) is 0 Å². The molecule has 0 fully saturated rings. The van der Waals surface area contributed by atoms with Crippen molar-refractivity contribution in [2.24, 2.45) is 0 Å². The van der Waals surface area contributed by atoms with Crippen LogP contribution in [0.3, 0.4) is 0 Å². The van der Waals surface area contributed by atoms with E-state index in [4.69, 9.17) is 9.78 Å². The molecule has 195 valence electrons. The molecule has 0 unspecified atom stereocenters. The SMILES string of the molecule is [Rh].c1ccc(C(OOC(c2ccccc2)(c2ccccc2)[c-]2cccc2)(c2ccccc2)[c-]2cccc2)cc1. The predicted octanol–water partition coefficient (Wildman–Crippen LogP) is 8.35. The first-order valence-corrected chi connectivity index (χ1v) is 12.9. The van der Waals surface area contributed by atoms with Gasteiger partial charge in [0.05, 0.1) is 0 Å². The maximum absolute atomic E-state index is 6.94. The van der Waals surface area contributed by atoms with Gasteiger partial charge in [0.25, 0.3) is 0 Å². The molecule has 0 spiro atoms. The summed E-state index contributed by atoms with van der Waals surface area (Å²) in [5.74, 6) is 0. The normalized spacial score (nSPS) is 11.6. The molecule has 3 heteroatoms. The third-order valence-electron chi connectivity index (χ3n) is 7.15. The minimum absolute atomic E-state index is 0. The number of hydrogen-bond acceptors (Lipinski definition) is 2. The zero-order valence-corrected chi connectivity index (χ0v) is 23.0. The van der Waals surface area contributed by atoms with Gasteiger partial charge < -0.3 is 0 Å². The van der Waals surface area contributed by atoms with Crippen LogP contribution in [-0.4, -0.2) is 0 Å². The van der Waals surface area contributed by atoms with Crippen molar-refractivity contribution in [2.45, 2.75) is 11.2 Å². The van der Waals surface area contributed by atoms with Gasteiger partial charge in [-0.2, -0.15) is 24.3 Å². The molecule has 0 aliphatic carbocycles. The van der Waals surface area contributed by atoms with Crippen LogP contribution in [0.25, 0.3) is 0 Å². The van der Waals surface area contributed by atoms with E-state index >= 15 is 0 Å². The first-order valence-electron chi connectivity index (χ1n) is 12.9. The summed E-state index contributed by atoms with van der Waals surface area (Å²) in [5, 5.41) is 0. The van der Waals surface area contributed by atoms with E-state index in [-0.39, 0.29) is 19.5 Å². The van der Waals surface area contributed by atoms with Gasteiger partial charge in [0.1, 0.15) is 11.2 Å². The third-order valence-corrected chi connectivity index (χ3v) is 7.15. The molecule has 1 radical (unpaired) electrons. The first kappa shape index (κ1) is 26.7. The number of hydrogen-bond donors (Lipinski definition) is 0. The van der Waals surface area contributed by atoms with Crippen molar-refractivity contribution in [1.82, 2.24) is 0 Å². The van der Waals surface area contributed by atoms with Crippen LogP contribution in [0.2, 0.25) is 0 Å². The van der Waals surface area contributed by atoms with Gasteiger partial charge >= 0.3 is 0 Å². The molecule has 0 N–H and O–H groups in total. The Labute approximate surface area is 242 Å². The van der Waals surface area contributed by atoms with Gasteiger partial charge in [0, 0.05) is 19.5 Å². The van der Waals surface area contributed by atoms with Gasteiger partial charge in [-0.3, -0.25) is 0 Å². The summed E-state index contributed by atoms with van der Waals surface area (Å²) < 4.78 is 0. The smallest absolute Gasteiger partial charge is 0.135 e. The molecule has 0 heterocycles. The van der Waals surface area contributed by atoms with Crippen molar-refractivity contribution >= 4 is 0 Å². The van der Waals surface area contributed by atoms with E-state index in [1.807, 2.05) is 97.1 Å². The van der Waals surface area contributed by atoms with Crippen LogP contribution < -0.4 is 0 Å². The largest absolute Gasteiger partial charge is 0.228 e. The summed E-state index contributed by atoms with van der Waals surface area (Å²) in [5.41, 5.74) is 3.90. The molecular formula is C36H28O2Rh-2. The fraction of sp³-hybridized carbons (Fsp3) is 0.0556. The monoisotopic (exact) mass is 595 g/mol. The molecular weight excluding hydrogens is 567 g/mol. The fourth-order valence-electron chi connectivity index (χ4n) is 5.32. The zero-order chi connectivity index (χ0) is 25.7. The molecule has 0 amide bonds. The second-order valence-electron chi connectivity index (χ2n) is 9.34. The van der Waals surface area contributed by atoms with E-state index in [9.17, 15) is 0 Å². The van der Waals surface area contributed by atoms with Crippen LogP contribution in [-0.2, 0) is 40.5 Å². The summed E-state index contributed by atoms with van der Waals surface area (Å²) in [4.78, 5) is 13.9. The maximum Gasteiger partial charge on any atom is 0.135 e. The van der Waals surface area contributed by atoms with Crippen molar-refractivity contribution in [2.75, 3.05) is 0 Å². The predicted molar refractivity (Wildman–Crippen MR) is 152 cm³/mol. The Balaban J connectivity index is 0.00000308. The molecule has 6 rings (SSSR count). The summed E-state index contributed by atoms with van der Waals surface area (Å²) in [7, 11) is 0. The molecule has 0 saturated heterocycles. The molecule has 0 bridgehead atoms.